The Morgan fingerprint density at radius 1 is 1.10 bits per heavy atom. The largest absolute Gasteiger partial charge is 0.494 e. The van der Waals surface area contributed by atoms with Crippen LogP contribution in [0.25, 0.3) is 0 Å². The summed E-state index contributed by atoms with van der Waals surface area (Å²) in [5.41, 5.74) is 0. The molecule has 0 saturated heterocycles. The molecule has 1 aliphatic carbocycles. The minimum atomic E-state index is 0.631. The number of ether oxygens (including phenoxy) is 1. The summed E-state index contributed by atoms with van der Waals surface area (Å²) < 4.78 is 5.90. The van der Waals surface area contributed by atoms with Gasteiger partial charge in [0, 0.05) is 6.04 Å². The molecule has 1 saturated carbocycles. The molecule has 0 aromatic heterocycles. The molecule has 118 valence electrons. The first-order valence-electron chi connectivity index (χ1n) is 8.81. The Labute approximate surface area is 130 Å². The van der Waals surface area contributed by atoms with Gasteiger partial charge in [-0.3, -0.25) is 0 Å². The van der Waals surface area contributed by atoms with E-state index in [0.717, 1.165) is 31.2 Å². The number of rotatable bonds is 8. The molecule has 2 nitrogen and oxygen atoms in total. The Kier molecular flexibility index (Phi) is 7.66. The average molecular weight is 289 g/mol. The summed E-state index contributed by atoms with van der Waals surface area (Å²) in [5, 5.41) is 3.77. The minimum absolute atomic E-state index is 0.631. The third kappa shape index (κ3) is 6.09. The molecule has 1 aromatic rings. The van der Waals surface area contributed by atoms with E-state index in [1.165, 1.54) is 44.9 Å². The van der Waals surface area contributed by atoms with E-state index < -0.39 is 0 Å². The van der Waals surface area contributed by atoms with Gasteiger partial charge in [0.25, 0.3) is 0 Å². The molecule has 0 bridgehead atoms. The second-order valence-electron chi connectivity index (χ2n) is 6.26. The lowest BCUT2D eigenvalue weighted by Gasteiger charge is -2.27. The summed E-state index contributed by atoms with van der Waals surface area (Å²) >= 11 is 0. The van der Waals surface area contributed by atoms with Crippen LogP contribution in [0.5, 0.6) is 5.75 Å². The van der Waals surface area contributed by atoms with Gasteiger partial charge in [-0.15, -0.1) is 0 Å². The molecule has 1 aliphatic rings. The van der Waals surface area contributed by atoms with Crippen LogP contribution >= 0.6 is 0 Å². The van der Waals surface area contributed by atoms with Crippen LogP contribution in [-0.2, 0) is 0 Å². The lowest BCUT2D eigenvalue weighted by molar-refractivity contribution is 0.238. The summed E-state index contributed by atoms with van der Waals surface area (Å²) in [6.45, 7) is 4.20. The highest BCUT2D eigenvalue weighted by atomic mass is 16.5. The molecule has 1 unspecified atom stereocenters. The Balaban J connectivity index is 1.80. The van der Waals surface area contributed by atoms with Crippen LogP contribution in [0.1, 0.15) is 58.3 Å². The van der Waals surface area contributed by atoms with E-state index in [2.05, 4.69) is 12.2 Å². The van der Waals surface area contributed by atoms with Crippen LogP contribution in [0.3, 0.4) is 0 Å². The topological polar surface area (TPSA) is 21.3 Å². The summed E-state index contributed by atoms with van der Waals surface area (Å²) in [7, 11) is 0. The van der Waals surface area contributed by atoms with Crippen LogP contribution < -0.4 is 10.1 Å². The normalized spacial score (nSPS) is 18.1. The fourth-order valence-corrected chi connectivity index (χ4v) is 3.37. The van der Waals surface area contributed by atoms with Crippen molar-refractivity contribution in [1.82, 2.24) is 5.32 Å². The van der Waals surface area contributed by atoms with Crippen LogP contribution in [0, 0.1) is 5.92 Å². The van der Waals surface area contributed by atoms with Gasteiger partial charge in [-0.2, -0.15) is 0 Å². The molecule has 0 amide bonds. The molecule has 21 heavy (non-hydrogen) atoms. The van der Waals surface area contributed by atoms with Crippen LogP contribution in [0.2, 0.25) is 0 Å². The van der Waals surface area contributed by atoms with Crippen LogP contribution in [0.4, 0.5) is 0 Å². The molecule has 2 heteroatoms. The zero-order chi connectivity index (χ0) is 14.8. The number of hydrogen-bond acceptors (Lipinski definition) is 2. The van der Waals surface area contributed by atoms with E-state index in [1.54, 1.807) is 0 Å². The lowest BCUT2D eigenvalue weighted by atomic mass is 9.90. The Morgan fingerprint density at radius 3 is 2.48 bits per heavy atom. The van der Waals surface area contributed by atoms with Gasteiger partial charge in [0.05, 0.1) is 6.61 Å². The molecule has 1 aromatic carbocycles. The molecule has 0 aliphatic heterocycles. The van der Waals surface area contributed by atoms with Crippen molar-refractivity contribution in [3.63, 3.8) is 0 Å². The van der Waals surface area contributed by atoms with E-state index in [0.29, 0.717) is 6.04 Å². The van der Waals surface area contributed by atoms with E-state index in [4.69, 9.17) is 4.74 Å². The highest BCUT2D eigenvalue weighted by Gasteiger charge is 2.22. The molecule has 1 atom stereocenters. The number of nitrogens with one attached hydrogen (secondary N) is 1. The molecule has 2 rings (SSSR count). The van der Waals surface area contributed by atoms with Gasteiger partial charge in [-0.1, -0.05) is 50.8 Å². The Morgan fingerprint density at radius 2 is 1.81 bits per heavy atom. The first-order chi connectivity index (χ1) is 10.4. The second-order valence-corrected chi connectivity index (χ2v) is 6.26. The van der Waals surface area contributed by atoms with Gasteiger partial charge in [0.1, 0.15) is 5.75 Å². The predicted molar refractivity (Wildman–Crippen MR) is 89.8 cm³/mol. The monoisotopic (exact) mass is 289 g/mol. The van der Waals surface area contributed by atoms with E-state index >= 15 is 0 Å². The fraction of sp³-hybridized carbons (Fsp3) is 0.684. The maximum Gasteiger partial charge on any atom is 0.119 e. The fourth-order valence-electron chi connectivity index (χ4n) is 3.37. The van der Waals surface area contributed by atoms with Crippen molar-refractivity contribution in [3.05, 3.63) is 30.3 Å². The minimum Gasteiger partial charge on any atom is -0.494 e. The first-order valence-corrected chi connectivity index (χ1v) is 8.81. The molecule has 0 heterocycles. The van der Waals surface area contributed by atoms with Crippen LogP contribution in [-0.4, -0.2) is 19.2 Å². The van der Waals surface area contributed by atoms with Gasteiger partial charge >= 0.3 is 0 Å². The smallest absolute Gasteiger partial charge is 0.119 e. The molecular weight excluding hydrogens is 258 g/mol. The number of hydrogen-bond donors (Lipinski definition) is 1. The summed E-state index contributed by atoms with van der Waals surface area (Å²) in [5.74, 6) is 1.84. The molecule has 0 spiro atoms. The Hall–Kier alpha value is -1.02. The van der Waals surface area contributed by atoms with Crippen molar-refractivity contribution in [3.8, 4) is 5.75 Å². The van der Waals surface area contributed by atoms with Gasteiger partial charge < -0.3 is 10.1 Å². The van der Waals surface area contributed by atoms with Crippen molar-refractivity contribution in [2.45, 2.75) is 64.3 Å². The van der Waals surface area contributed by atoms with Crippen molar-refractivity contribution < 1.29 is 4.74 Å². The second kappa shape index (κ2) is 9.83. The third-order valence-electron chi connectivity index (χ3n) is 4.57. The van der Waals surface area contributed by atoms with Gasteiger partial charge in [-0.05, 0) is 50.3 Å². The highest BCUT2D eigenvalue weighted by Crippen LogP contribution is 2.27. The van der Waals surface area contributed by atoms with Crippen molar-refractivity contribution in [2.24, 2.45) is 5.92 Å². The maximum atomic E-state index is 5.90. The summed E-state index contributed by atoms with van der Waals surface area (Å²) in [6.07, 6.45) is 10.8. The third-order valence-corrected chi connectivity index (χ3v) is 4.57. The molecule has 0 radical (unpaired) electrons. The number of benzene rings is 1. The zero-order valence-corrected chi connectivity index (χ0v) is 13.5. The zero-order valence-electron chi connectivity index (χ0n) is 13.5. The van der Waals surface area contributed by atoms with Gasteiger partial charge in [-0.25, -0.2) is 0 Å². The van der Waals surface area contributed by atoms with E-state index in [-0.39, 0.29) is 0 Å². The quantitative estimate of drug-likeness (QED) is 0.694. The van der Waals surface area contributed by atoms with Crippen molar-refractivity contribution >= 4 is 0 Å². The average Bonchev–Trinajstić information content (AvgIpc) is 2.81. The SMILES string of the molecule is CCCNC(CCOc1ccccc1)C1CCCCCC1. The summed E-state index contributed by atoms with van der Waals surface area (Å²) in [6, 6.07) is 10.8. The summed E-state index contributed by atoms with van der Waals surface area (Å²) in [4.78, 5) is 0. The first kappa shape index (κ1) is 16.4. The van der Waals surface area contributed by atoms with E-state index in [1.807, 2.05) is 30.3 Å². The molecular formula is C19H31NO. The highest BCUT2D eigenvalue weighted by molar-refractivity contribution is 5.20. The molecule has 1 N–H and O–H groups in total. The Bertz CT molecular complexity index is 357. The van der Waals surface area contributed by atoms with Gasteiger partial charge in [0.15, 0.2) is 0 Å². The van der Waals surface area contributed by atoms with E-state index in [9.17, 15) is 0 Å². The van der Waals surface area contributed by atoms with Crippen molar-refractivity contribution in [1.29, 1.82) is 0 Å². The predicted octanol–water partition coefficient (Wildman–Crippen LogP) is 4.79. The van der Waals surface area contributed by atoms with Crippen LogP contribution in [0.15, 0.2) is 30.3 Å². The van der Waals surface area contributed by atoms with Crippen molar-refractivity contribution in [2.75, 3.05) is 13.2 Å². The van der Waals surface area contributed by atoms with Gasteiger partial charge in [0.2, 0.25) is 0 Å². The molecule has 1 fully saturated rings. The number of para-hydroxylation sites is 1. The maximum absolute atomic E-state index is 5.90. The lowest BCUT2D eigenvalue weighted by Crippen LogP contribution is -2.38. The standard InChI is InChI=1S/C19H31NO/c1-2-15-20-19(17-10-6-3-4-7-11-17)14-16-21-18-12-8-5-9-13-18/h5,8-9,12-13,17,19-20H,2-4,6-7,10-11,14-16H2,1H3.